The molecule has 0 saturated heterocycles. The second kappa shape index (κ2) is 6.72. The summed E-state index contributed by atoms with van der Waals surface area (Å²) in [5.41, 5.74) is 0. The average Bonchev–Trinajstić information content (AvgIpc) is 2.04. The Balaban J connectivity index is 3.41. The van der Waals surface area contributed by atoms with E-state index in [9.17, 15) is 4.79 Å². The number of carbonyl (C=O) groups excluding carboxylic acids is 1. The van der Waals surface area contributed by atoms with Gasteiger partial charge in [0.2, 0.25) is 0 Å². The summed E-state index contributed by atoms with van der Waals surface area (Å²) in [4.78, 5) is 10.7. The third-order valence-electron chi connectivity index (χ3n) is 1.64. The van der Waals surface area contributed by atoms with Crippen molar-refractivity contribution in [2.45, 2.75) is 33.1 Å². The maximum Gasteiger partial charge on any atom is 0.305 e. The molecular formula is C10H16O2. The van der Waals surface area contributed by atoms with Crippen molar-refractivity contribution in [1.29, 1.82) is 0 Å². The number of esters is 1. The maximum absolute atomic E-state index is 10.7. The molecule has 68 valence electrons. The maximum atomic E-state index is 10.7. The molecule has 0 rings (SSSR count). The minimum Gasteiger partial charge on any atom is -0.469 e. The van der Waals surface area contributed by atoms with Crippen molar-refractivity contribution in [2.75, 3.05) is 7.11 Å². The van der Waals surface area contributed by atoms with Crippen molar-refractivity contribution in [3.05, 3.63) is 0 Å². The van der Waals surface area contributed by atoms with Crippen LogP contribution in [0, 0.1) is 17.8 Å². The van der Waals surface area contributed by atoms with E-state index in [1.165, 1.54) is 7.11 Å². The highest BCUT2D eigenvalue weighted by Gasteiger charge is 2.01. The molecule has 0 spiro atoms. The summed E-state index contributed by atoms with van der Waals surface area (Å²) >= 11 is 0. The highest BCUT2D eigenvalue weighted by atomic mass is 16.5. The number of hydrogen-bond acceptors (Lipinski definition) is 2. The van der Waals surface area contributed by atoms with E-state index in [2.05, 4.69) is 23.5 Å². The smallest absolute Gasteiger partial charge is 0.305 e. The summed E-state index contributed by atoms with van der Waals surface area (Å²) in [5, 5.41) is 0. The van der Waals surface area contributed by atoms with Crippen LogP contribution in [0.25, 0.3) is 0 Å². The van der Waals surface area contributed by atoms with Crippen LogP contribution in [0.3, 0.4) is 0 Å². The first-order valence-corrected chi connectivity index (χ1v) is 4.19. The number of carbonyl (C=O) groups is 1. The van der Waals surface area contributed by atoms with E-state index in [-0.39, 0.29) is 5.97 Å². The molecule has 12 heavy (non-hydrogen) atoms. The molecule has 2 heteroatoms. The number of methoxy groups -OCH3 is 1. The highest BCUT2D eigenvalue weighted by molar-refractivity contribution is 5.68. The Bertz CT molecular complexity index is 186. The lowest BCUT2D eigenvalue weighted by Gasteiger charge is -2.02. The van der Waals surface area contributed by atoms with Crippen molar-refractivity contribution in [2.24, 2.45) is 5.92 Å². The van der Waals surface area contributed by atoms with E-state index in [1.807, 2.05) is 6.92 Å². The zero-order valence-electron chi connectivity index (χ0n) is 8.02. The quantitative estimate of drug-likeness (QED) is 0.474. The fourth-order valence-corrected chi connectivity index (χ4v) is 0.973. The second-order valence-corrected chi connectivity index (χ2v) is 2.76. The standard InChI is InChI=1S/C10H16O2/c1-4-6-9(2)7-5-8-10(11)12-3/h9H,5,7-8H2,1-3H3. The van der Waals surface area contributed by atoms with Crippen molar-refractivity contribution >= 4 is 5.97 Å². The third-order valence-corrected chi connectivity index (χ3v) is 1.64. The topological polar surface area (TPSA) is 26.3 Å². The van der Waals surface area contributed by atoms with Gasteiger partial charge in [-0.25, -0.2) is 0 Å². The van der Waals surface area contributed by atoms with Crippen LogP contribution in [0.2, 0.25) is 0 Å². The lowest BCUT2D eigenvalue weighted by atomic mass is 10.1. The van der Waals surface area contributed by atoms with Gasteiger partial charge in [-0.1, -0.05) is 6.92 Å². The summed E-state index contributed by atoms with van der Waals surface area (Å²) in [6.07, 6.45) is 2.34. The fraction of sp³-hybridized carbons (Fsp3) is 0.700. The van der Waals surface area contributed by atoms with Crippen molar-refractivity contribution in [1.82, 2.24) is 0 Å². The molecule has 0 aliphatic rings. The molecule has 1 atom stereocenters. The fourth-order valence-electron chi connectivity index (χ4n) is 0.973. The van der Waals surface area contributed by atoms with Gasteiger partial charge in [0.25, 0.3) is 0 Å². The monoisotopic (exact) mass is 168 g/mol. The summed E-state index contributed by atoms with van der Waals surface area (Å²) in [5.74, 6) is 6.14. The average molecular weight is 168 g/mol. The molecule has 0 N–H and O–H groups in total. The van der Waals surface area contributed by atoms with Gasteiger partial charge in [-0.2, -0.15) is 0 Å². The normalized spacial score (nSPS) is 11.2. The predicted octanol–water partition coefficient (Wildman–Crippen LogP) is 1.99. The van der Waals surface area contributed by atoms with E-state index >= 15 is 0 Å². The van der Waals surface area contributed by atoms with E-state index < -0.39 is 0 Å². The van der Waals surface area contributed by atoms with Crippen molar-refractivity contribution in [3.8, 4) is 11.8 Å². The Morgan fingerprint density at radius 3 is 2.75 bits per heavy atom. The van der Waals surface area contributed by atoms with Gasteiger partial charge in [-0.05, 0) is 19.8 Å². The van der Waals surface area contributed by atoms with E-state index in [4.69, 9.17) is 0 Å². The van der Waals surface area contributed by atoms with Crippen molar-refractivity contribution in [3.63, 3.8) is 0 Å². The Labute approximate surface area is 74.3 Å². The van der Waals surface area contributed by atoms with E-state index in [0.717, 1.165) is 12.8 Å². The molecule has 0 fully saturated rings. The lowest BCUT2D eigenvalue weighted by Crippen LogP contribution is -2.00. The van der Waals surface area contributed by atoms with Gasteiger partial charge in [0.1, 0.15) is 0 Å². The van der Waals surface area contributed by atoms with Gasteiger partial charge in [0.05, 0.1) is 7.11 Å². The molecule has 0 aromatic rings. The summed E-state index contributed by atoms with van der Waals surface area (Å²) in [7, 11) is 1.41. The Morgan fingerprint density at radius 1 is 1.58 bits per heavy atom. The minimum absolute atomic E-state index is 0.133. The first-order valence-electron chi connectivity index (χ1n) is 4.19. The molecule has 0 bridgehead atoms. The number of hydrogen-bond donors (Lipinski definition) is 0. The highest BCUT2D eigenvalue weighted by Crippen LogP contribution is 2.06. The largest absolute Gasteiger partial charge is 0.469 e. The van der Waals surface area contributed by atoms with Crippen LogP contribution < -0.4 is 0 Å². The number of rotatable bonds is 4. The third kappa shape index (κ3) is 5.79. The van der Waals surface area contributed by atoms with Crippen molar-refractivity contribution < 1.29 is 9.53 Å². The van der Waals surface area contributed by atoms with Gasteiger partial charge >= 0.3 is 5.97 Å². The van der Waals surface area contributed by atoms with Gasteiger partial charge in [0, 0.05) is 12.3 Å². The molecular weight excluding hydrogens is 152 g/mol. The molecule has 0 aliphatic heterocycles. The van der Waals surface area contributed by atoms with Crippen LogP contribution in [-0.4, -0.2) is 13.1 Å². The first-order chi connectivity index (χ1) is 5.70. The number of ether oxygens (including phenoxy) is 1. The predicted molar refractivity (Wildman–Crippen MR) is 48.5 cm³/mol. The summed E-state index contributed by atoms with van der Waals surface area (Å²) < 4.78 is 4.52. The molecule has 0 aromatic carbocycles. The van der Waals surface area contributed by atoms with Crippen LogP contribution in [-0.2, 0) is 9.53 Å². The Hall–Kier alpha value is -0.970. The molecule has 0 aliphatic carbocycles. The SMILES string of the molecule is CC#CC(C)CCCC(=O)OC. The zero-order valence-corrected chi connectivity index (χ0v) is 8.02. The molecule has 0 heterocycles. The van der Waals surface area contributed by atoms with E-state index in [0.29, 0.717) is 12.3 Å². The molecule has 1 unspecified atom stereocenters. The molecule has 0 radical (unpaired) electrons. The molecule has 2 nitrogen and oxygen atoms in total. The molecule has 0 saturated carbocycles. The van der Waals surface area contributed by atoms with Crippen LogP contribution >= 0.6 is 0 Å². The van der Waals surface area contributed by atoms with Gasteiger partial charge in [-0.15, -0.1) is 11.8 Å². The Kier molecular flexibility index (Phi) is 6.18. The minimum atomic E-state index is -0.133. The van der Waals surface area contributed by atoms with Gasteiger partial charge < -0.3 is 4.74 Å². The van der Waals surface area contributed by atoms with Crippen LogP contribution in [0.5, 0.6) is 0 Å². The van der Waals surface area contributed by atoms with Crippen LogP contribution in [0.15, 0.2) is 0 Å². The Morgan fingerprint density at radius 2 is 2.25 bits per heavy atom. The van der Waals surface area contributed by atoms with Crippen LogP contribution in [0.4, 0.5) is 0 Å². The second-order valence-electron chi connectivity index (χ2n) is 2.76. The van der Waals surface area contributed by atoms with Gasteiger partial charge in [-0.3, -0.25) is 4.79 Å². The lowest BCUT2D eigenvalue weighted by molar-refractivity contribution is -0.140. The van der Waals surface area contributed by atoms with Crippen LogP contribution in [0.1, 0.15) is 33.1 Å². The molecule has 0 aromatic heterocycles. The molecule has 0 amide bonds. The summed E-state index contributed by atoms with van der Waals surface area (Å²) in [6.45, 7) is 3.89. The summed E-state index contributed by atoms with van der Waals surface area (Å²) in [6, 6.07) is 0. The zero-order chi connectivity index (χ0) is 9.40. The van der Waals surface area contributed by atoms with Gasteiger partial charge in [0.15, 0.2) is 0 Å². The van der Waals surface area contributed by atoms with E-state index in [1.54, 1.807) is 0 Å². The first kappa shape index (κ1) is 11.0.